The van der Waals surface area contributed by atoms with E-state index >= 15 is 0 Å². The summed E-state index contributed by atoms with van der Waals surface area (Å²) in [6.45, 7) is 3.36. The van der Waals surface area contributed by atoms with Gasteiger partial charge in [-0.2, -0.15) is 0 Å². The first kappa shape index (κ1) is 16.0. The Kier molecular flexibility index (Phi) is 5.52. The fourth-order valence-corrected chi connectivity index (χ4v) is 1.35. The Hall–Kier alpha value is -2.08. The van der Waals surface area contributed by atoms with Crippen molar-refractivity contribution < 1.29 is 24.5 Å². The van der Waals surface area contributed by atoms with Gasteiger partial charge in [0.05, 0.1) is 13.2 Å². The fourth-order valence-electron chi connectivity index (χ4n) is 1.35. The third kappa shape index (κ3) is 4.55. The van der Waals surface area contributed by atoms with E-state index in [0.29, 0.717) is 17.9 Å². The molecule has 3 N–H and O–H groups in total. The Balaban J connectivity index is 2.58. The number of benzene rings is 1. The van der Waals surface area contributed by atoms with Gasteiger partial charge in [-0.05, 0) is 37.6 Å². The van der Waals surface area contributed by atoms with Crippen LogP contribution in [-0.2, 0) is 4.79 Å². The Morgan fingerprint density at radius 3 is 2.40 bits per heavy atom. The minimum Gasteiger partial charge on any atom is -0.494 e. The molecule has 1 aromatic rings. The van der Waals surface area contributed by atoms with E-state index in [1.54, 1.807) is 24.3 Å². The molecule has 6 nitrogen and oxygen atoms in total. The third-order valence-electron chi connectivity index (χ3n) is 2.64. The average molecular weight is 281 g/mol. The van der Waals surface area contributed by atoms with Gasteiger partial charge in [0.2, 0.25) is 0 Å². The van der Waals surface area contributed by atoms with Crippen LogP contribution in [0, 0.1) is 0 Å². The van der Waals surface area contributed by atoms with Crippen molar-refractivity contribution in [1.82, 2.24) is 5.32 Å². The first-order chi connectivity index (χ1) is 9.36. The molecule has 0 radical (unpaired) electrons. The molecule has 0 aliphatic heterocycles. The number of nitrogens with one attached hydrogen (secondary N) is 1. The number of carboxylic acids is 1. The van der Waals surface area contributed by atoms with Crippen molar-refractivity contribution >= 4 is 11.9 Å². The van der Waals surface area contributed by atoms with Gasteiger partial charge >= 0.3 is 5.97 Å². The second-order valence-corrected chi connectivity index (χ2v) is 4.63. The minimum atomic E-state index is -1.99. The van der Waals surface area contributed by atoms with Crippen LogP contribution in [0.25, 0.3) is 0 Å². The number of aliphatic hydroxyl groups is 1. The highest BCUT2D eigenvalue weighted by atomic mass is 16.5. The van der Waals surface area contributed by atoms with Crippen molar-refractivity contribution in [2.24, 2.45) is 0 Å². The summed E-state index contributed by atoms with van der Waals surface area (Å²) in [5, 5.41) is 20.6. The van der Waals surface area contributed by atoms with Crippen molar-refractivity contribution in [3.8, 4) is 5.75 Å². The van der Waals surface area contributed by atoms with E-state index in [9.17, 15) is 14.7 Å². The quantitative estimate of drug-likeness (QED) is 0.694. The SMILES string of the molecule is CCCOc1ccc(C(=O)NCC(C)(O)C(=O)O)cc1. The summed E-state index contributed by atoms with van der Waals surface area (Å²) in [6, 6.07) is 6.49. The summed E-state index contributed by atoms with van der Waals surface area (Å²) < 4.78 is 5.39. The molecule has 0 bridgehead atoms. The molecule has 0 saturated carbocycles. The van der Waals surface area contributed by atoms with Crippen LogP contribution < -0.4 is 10.1 Å². The number of ether oxygens (including phenoxy) is 1. The van der Waals surface area contributed by atoms with E-state index in [4.69, 9.17) is 9.84 Å². The maximum atomic E-state index is 11.8. The van der Waals surface area contributed by atoms with E-state index < -0.39 is 17.5 Å². The van der Waals surface area contributed by atoms with Crippen molar-refractivity contribution in [2.45, 2.75) is 25.9 Å². The molecule has 0 aliphatic rings. The number of carboxylic acid groups (broad SMARTS) is 1. The normalized spacial score (nSPS) is 13.3. The van der Waals surface area contributed by atoms with Gasteiger partial charge in [0, 0.05) is 5.56 Å². The van der Waals surface area contributed by atoms with Gasteiger partial charge in [0.15, 0.2) is 5.60 Å². The molecule has 1 amide bonds. The van der Waals surface area contributed by atoms with Gasteiger partial charge in [-0.3, -0.25) is 4.79 Å². The highest BCUT2D eigenvalue weighted by molar-refractivity contribution is 5.94. The van der Waals surface area contributed by atoms with E-state index in [1.165, 1.54) is 0 Å². The first-order valence-electron chi connectivity index (χ1n) is 6.33. The summed E-state index contributed by atoms with van der Waals surface area (Å²) >= 11 is 0. The van der Waals surface area contributed by atoms with E-state index in [1.807, 2.05) is 6.92 Å². The number of rotatable bonds is 7. The molecule has 0 saturated heterocycles. The highest BCUT2D eigenvalue weighted by Crippen LogP contribution is 2.12. The summed E-state index contributed by atoms with van der Waals surface area (Å²) in [7, 11) is 0. The Labute approximate surface area is 117 Å². The molecule has 110 valence electrons. The van der Waals surface area contributed by atoms with Crippen LogP contribution >= 0.6 is 0 Å². The lowest BCUT2D eigenvalue weighted by Crippen LogP contribution is -2.46. The summed E-state index contributed by atoms with van der Waals surface area (Å²) in [4.78, 5) is 22.5. The molecule has 1 rings (SSSR count). The number of carbonyl (C=O) groups is 2. The molecule has 0 aromatic heterocycles. The first-order valence-corrected chi connectivity index (χ1v) is 6.33. The maximum Gasteiger partial charge on any atom is 0.337 e. The molecule has 6 heteroatoms. The van der Waals surface area contributed by atoms with Crippen molar-refractivity contribution in [3.63, 3.8) is 0 Å². The smallest absolute Gasteiger partial charge is 0.337 e. The summed E-state index contributed by atoms with van der Waals surface area (Å²) in [5.41, 5.74) is -1.62. The van der Waals surface area contributed by atoms with Crippen LogP contribution in [0.1, 0.15) is 30.6 Å². The number of hydrogen-bond acceptors (Lipinski definition) is 4. The van der Waals surface area contributed by atoms with Crippen LogP contribution in [0.3, 0.4) is 0 Å². The molecule has 20 heavy (non-hydrogen) atoms. The van der Waals surface area contributed by atoms with Crippen molar-refractivity contribution in [3.05, 3.63) is 29.8 Å². The number of carbonyl (C=O) groups excluding carboxylic acids is 1. The molecule has 1 atom stereocenters. The van der Waals surface area contributed by atoms with Crippen molar-refractivity contribution in [2.75, 3.05) is 13.2 Å². The average Bonchev–Trinajstić information content (AvgIpc) is 2.43. The molecule has 1 aromatic carbocycles. The zero-order valence-electron chi connectivity index (χ0n) is 11.5. The molecule has 0 aliphatic carbocycles. The Morgan fingerprint density at radius 2 is 1.90 bits per heavy atom. The lowest BCUT2D eigenvalue weighted by atomic mass is 10.1. The Bertz CT molecular complexity index is 467. The van der Waals surface area contributed by atoms with Gasteiger partial charge in [0.25, 0.3) is 5.91 Å². The molecule has 1 unspecified atom stereocenters. The van der Waals surface area contributed by atoms with E-state index in [2.05, 4.69) is 5.32 Å². The molecular formula is C14H19NO5. The summed E-state index contributed by atoms with van der Waals surface area (Å²) in [5.74, 6) is -1.17. The van der Waals surface area contributed by atoms with Crippen LogP contribution in [0.2, 0.25) is 0 Å². The van der Waals surface area contributed by atoms with Crippen LogP contribution in [0.15, 0.2) is 24.3 Å². The van der Waals surface area contributed by atoms with Crippen LogP contribution in [0.5, 0.6) is 5.75 Å². The van der Waals surface area contributed by atoms with Gasteiger partial charge < -0.3 is 20.3 Å². The number of amides is 1. The monoisotopic (exact) mass is 281 g/mol. The van der Waals surface area contributed by atoms with Crippen LogP contribution in [0.4, 0.5) is 0 Å². The second-order valence-electron chi connectivity index (χ2n) is 4.63. The zero-order chi connectivity index (χ0) is 15.2. The van der Waals surface area contributed by atoms with Gasteiger partial charge in [0.1, 0.15) is 5.75 Å². The molecule has 0 spiro atoms. The van der Waals surface area contributed by atoms with Gasteiger partial charge in [-0.25, -0.2) is 4.79 Å². The molecule has 0 heterocycles. The minimum absolute atomic E-state index is 0.366. The van der Waals surface area contributed by atoms with E-state index in [-0.39, 0.29) is 6.54 Å². The van der Waals surface area contributed by atoms with Gasteiger partial charge in [-0.1, -0.05) is 6.92 Å². The number of hydrogen-bond donors (Lipinski definition) is 3. The van der Waals surface area contributed by atoms with E-state index in [0.717, 1.165) is 13.3 Å². The largest absolute Gasteiger partial charge is 0.494 e. The maximum absolute atomic E-state index is 11.8. The standard InChI is InChI=1S/C14H19NO5/c1-3-8-20-11-6-4-10(5-7-11)12(16)15-9-14(2,19)13(17)18/h4-7,19H,3,8-9H2,1-2H3,(H,15,16)(H,17,18). The van der Waals surface area contributed by atoms with Crippen molar-refractivity contribution in [1.29, 1.82) is 0 Å². The second kappa shape index (κ2) is 6.91. The lowest BCUT2D eigenvalue weighted by Gasteiger charge is -2.18. The highest BCUT2D eigenvalue weighted by Gasteiger charge is 2.30. The predicted molar refractivity (Wildman–Crippen MR) is 72.8 cm³/mol. The van der Waals surface area contributed by atoms with Gasteiger partial charge in [-0.15, -0.1) is 0 Å². The molecular weight excluding hydrogens is 262 g/mol. The lowest BCUT2D eigenvalue weighted by molar-refractivity contribution is -0.155. The fraction of sp³-hybridized carbons (Fsp3) is 0.429. The van der Waals surface area contributed by atoms with Crippen LogP contribution in [-0.4, -0.2) is 40.8 Å². The summed E-state index contributed by atoms with van der Waals surface area (Å²) in [6.07, 6.45) is 0.895. The Morgan fingerprint density at radius 1 is 1.30 bits per heavy atom. The number of aliphatic carboxylic acids is 1. The predicted octanol–water partition coefficient (Wildman–Crippen LogP) is 1.04. The topological polar surface area (TPSA) is 95.9 Å². The third-order valence-corrected chi connectivity index (χ3v) is 2.64. The molecule has 0 fully saturated rings. The zero-order valence-corrected chi connectivity index (χ0v) is 11.5.